The largest absolute Gasteiger partial charge is 0.390 e. The van der Waals surface area contributed by atoms with Crippen molar-refractivity contribution in [1.82, 2.24) is 9.80 Å². The van der Waals surface area contributed by atoms with E-state index >= 15 is 0 Å². The molecular formula is C15H23N3O2. The molecule has 0 saturated carbocycles. The first-order valence-corrected chi connectivity index (χ1v) is 7.00. The lowest BCUT2D eigenvalue weighted by atomic mass is 10.0. The van der Waals surface area contributed by atoms with Crippen LogP contribution in [0.5, 0.6) is 0 Å². The number of hydrogen-bond donors (Lipinski definition) is 2. The third-order valence-electron chi connectivity index (χ3n) is 3.79. The third kappa shape index (κ3) is 4.03. The Hall–Kier alpha value is -1.43. The Morgan fingerprint density at radius 3 is 2.65 bits per heavy atom. The van der Waals surface area contributed by atoms with E-state index < -0.39 is 6.10 Å². The van der Waals surface area contributed by atoms with E-state index in [2.05, 4.69) is 0 Å². The van der Waals surface area contributed by atoms with Crippen molar-refractivity contribution in [2.45, 2.75) is 18.6 Å². The van der Waals surface area contributed by atoms with Crippen LogP contribution in [0.1, 0.15) is 5.56 Å². The van der Waals surface area contributed by atoms with E-state index in [-0.39, 0.29) is 11.9 Å². The summed E-state index contributed by atoms with van der Waals surface area (Å²) < 4.78 is 0. The van der Waals surface area contributed by atoms with Gasteiger partial charge in [0.25, 0.3) is 0 Å². The van der Waals surface area contributed by atoms with E-state index in [1.165, 1.54) is 0 Å². The predicted molar refractivity (Wildman–Crippen MR) is 78.2 cm³/mol. The van der Waals surface area contributed by atoms with Crippen LogP contribution in [-0.2, 0) is 11.2 Å². The Labute approximate surface area is 120 Å². The molecule has 110 valence electrons. The topological polar surface area (TPSA) is 69.8 Å². The molecule has 0 bridgehead atoms. The standard InChI is InChI=1S/C15H23N3O2/c1-17-7-8-18(11-15(17)20)10-14(19)13(16)9-12-5-3-2-4-6-12/h2-6,13-14,19H,7-11,16H2,1H3. The number of carbonyl (C=O) groups excluding carboxylic acids is 1. The van der Waals surface area contributed by atoms with Gasteiger partial charge in [-0.15, -0.1) is 0 Å². The number of β-amino-alcohol motifs (C(OH)–C–C–N with tert-alkyl or cyclic N) is 1. The minimum atomic E-state index is -0.619. The van der Waals surface area contributed by atoms with E-state index in [0.29, 0.717) is 26.1 Å². The molecule has 0 aliphatic carbocycles. The van der Waals surface area contributed by atoms with Gasteiger partial charge in [-0.2, -0.15) is 0 Å². The molecule has 0 spiro atoms. The molecule has 1 aliphatic rings. The molecule has 2 atom stereocenters. The molecular weight excluding hydrogens is 254 g/mol. The monoisotopic (exact) mass is 277 g/mol. The van der Waals surface area contributed by atoms with Gasteiger partial charge in [0.05, 0.1) is 12.6 Å². The van der Waals surface area contributed by atoms with Crippen molar-refractivity contribution in [2.24, 2.45) is 5.73 Å². The highest BCUT2D eigenvalue weighted by molar-refractivity contribution is 5.78. The molecule has 2 unspecified atom stereocenters. The number of rotatable bonds is 5. The van der Waals surface area contributed by atoms with Crippen LogP contribution in [-0.4, -0.2) is 66.2 Å². The zero-order chi connectivity index (χ0) is 14.5. The van der Waals surface area contributed by atoms with E-state index in [0.717, 1.165) is 12.1 Å². The summed E-state index contributed by atoms with van der Waals surface area (Å²) in [6.45, 7) is 2.32. The van der Waals surface area contributed by atoms with Crippen LogP contribution in [0.25, 0.3) is 0 Å². The van der Waals surface area contributed by atoms with E-state index in [4.69, 9.17) is 5.73 Å². The second-order valence-corrected chi connectivity index (χ2v) is 5.47. The molecule has 1 aromatic rings. The molecule has 1 heterocycles. The van der Waals surface area contributed by atoms with Crippen LogP contribution < -0.4 is 5.73 Å². The average molecular weight is 277 g/mol. The maximum atomic E-state index is 11.6. The highest BCUT2D eigenvalue weighted by atomic mass is 16.3. The number of likely N-dealkylation sites (N-methyl/N-ethyl adjacent to an activating group) is 1. The van der Waals surface area contributed by atoms with Gasteiger partial charge >= 0.3 is 0 Å². The van der Waals surface area contributed by atoms with Gasteiger partial charge in [0.1, 0.15) is 0 Å². The van der Waals surface area contributed by atoms with Crippen molar-refractivity contribution < 1.29 is 9.90 Å². The average Bonchev–Trinajstić information content (AvgIpc) is 2.44. The zero-order valence-corrected chi connectivity index (χ0v) is 11.9. The van der Waals surface area contributed by atoms with Gasteiger partial charge in [0.2, 0.25) is 5.91 Å². The first-order valence-electron chi connectivity index (χ1n) is 7.00. The molecule has 1 amide bonds. The summed E-state index contributed by atoms with van der Waals surface area (Å²) in [7, 11) is 1.80. The Balaban J connectivity index is 1.82. The minimum absolute atomic E-state index is 0.0973. The summed E-state index contributed by atoms with van der Waals surface area (Å²) in [5.41, 5.74) is 7.18. The van der Waals surface area contributed by atoms with Gasteiger partial charge < -0.3 is 15.7 Å². The summed E-state index contributed by atoms with van der Waals surface area (Å²) >= 11 is 0. The second-order valence-electron chi connectivity index (χ2n) is 5.47. The molecule has 1 fully saturated rings. The first kappa shape index (κ1) is 15.0. The number of piperazine rings is 1. The van der Waals surface area contributed by atoms with Crippen LogP contribution >= 0.6 is 0 Å². The van der Waals surface area contributed by atoms with Gasteiger partial charge in [-0.1, -0.05) is 30.3 Å². The van der Waals surface area contributed by atoms with Crippen LogP contribution in [0.2, 0.25) is 0 Å². The van der Waals surface area contributed by atoms with Gasteiger partial charge in [0, 0.05) is 32.7 Å². The van der Waals surface area contributed by atoms with E-state index in [9.17, 15) is 9.90 Å². The summed E-state index contributed by atoms with van der Waals surface area (Å²) in [5.74, 6) is 0.0973. The number of aliphatic hydroxyl groups excluding tert-OH is 1. The lowest BCUT2D eigenvalue weighted by Gasteiger charge is -2.34. The molecule has 2 rings (SSSR count). The maximum absolute atomic E-state index is 11.6. The SMILES string of the molecule is CN1CCN(CC(O)C(N)Cc2ccccc2)CC1=O. The molecule has 20 heavy (non-hydrogen) atoms. The van der Waals surface area contributed by atoms with E-state index in [1.54, 1.807) is 11.9 Å². The fraction of sp³-hybridized carbons (Fsp3) is 0.533. The Morgan fingerprint density at radius 1 is 1.30 bits per heavy atom. The number of carbonyl (C=O) groups is 1. The summed E-state index contributed by atoms with van der Waals surface area (Å²) in [5, 5.41) is 10.2. The van der Waals surface area contributed by atoms with Gasteiger partial charge in [-0.3, -0.25) is 9.69 Å². The summed E-state index contributed by atoms with van der Waals surface area (Å²) in [4.78, 5) is 15.3. The van der Waals surface area contributed by atoms with Crippen molar-refractivity contribution in [3.05, 3.63) is 35.9 Å². The number of hydrogen-bond acceptors (Lipinski definition) is 4. The fourth-order valence-corrected chi connectivity index (χ4v) is 2.39. The molecule has 3 N–H and O–H groups in total. The quantitative estimate of drug-likeness (QED) is 0.775. The van der Waals surface area contributed by atoms with Crippen LogP contribution in [0, 0.1) is 0 Å². The summed E-state index contributed by atoms with van der Waals surface area (Å²) in [6, 6.07) is 9.59. The Morgan fingerprint density at radius 2 is 2.00 bits per heavy atom. The zero-order valence-electron chi connectivity index (χ0n) is 11.9. The van der Waals surface area contributed by atoms with Gasteiger partial charge in [-0.05, 0) is 12.0 Å². The Bertz CT molecular complexity index is 438. The van der Waals surface area contributed by atoms with Crippen molar-refractivity contribution in [2.75, 3.05) is 33.2 Å². The van der Waals surface area contributed by atoms with Crippen LogP contribution in [0.4, 0.5) is 0 Å². The Kier molecular flexibility index (Phi) is 5.11. The number of nitrogens with two attached hydrogens (primary N) is 1. The molecule has 1 aliphatic heterocycles. The lowest BCUT2D eigenvalue weighted by Crippen LogP contribution is -2.53. The predicted octanol–water partition coefficient (Wildman–Crippen LogP) is -0.309. The highest BCUT2D eigenvalue weighted by Gasteiger charge is 2.25. The molecule has 1 aromatic carbocycles. The van der Waals surface area contributed by atoms with E-state index in [1.807, 2.05) is 35.2 Å². The van der Waals surface area contributed by atoms with Crippen molar-refractivity contribution in [1.29, 1.82) is 0 Å². The second kappa shape index (κ2) is 6.83. The summed E-state index contributed by atoms with van der Waals surface area (Å²) in [6.07, 6.45) is 0.0235. The molecule has 5 heteroatoms. The molecule has 0 radical (unpaired) electrons. The number of benzene rings is 1. The molecule has 0 aromatic heterocycles. The van der Waals surface area contributed by atoms with Gasteiger partial charge in [-0.25, -0.2) is 0 Å². The number of amides is 1. The highest BCUT2D eigenvalue weighted by Crippen LogP contribution is 2.08. The number of aliphatic hydroxyl groups is 1. The van der Waals surface area contributed by atoms with Crippen molar-refractivity contribution in [3.63, 3.8) is 0 Å². The smallest absolute Gasteiger partial charge is 0.236 e. The minimum Gasteiger partial charge on any atom is -0.390 e. The molecule has 5 nitrogen and oxygen atoms in total. The maximum Gasteiger partial charge on any atom is 0.236 e. The lowest BCUT2D eigenvalue weighted by molar-refractivity contribution is -0.134. The number of nitrogens with zero attached hydrogens (tertiary/aromatic N) is 2. The van der Waals surface area contributed by atoms with Crippen LogP contribution in [0.3, 0.4) is 0 Å². The van der Waals surface area contributed by atoms with Gasteiger partial charge in [0.15, 0.2) is 0 Å². The van der Waals surface area contributed by atoms with Crippen molar-refractivity contribution in [3.8, 4) is 0 Å². The normalized spacial score (nSPS) is 19.9. The third-order valence-corrected chi connectivity index (χ3v) is 3.79. The first-order chi connectivity index (χ1) is 9.56. The fourth-order valence-electron chi connectivity index (χ4n) is 2.39. The van der Waals surface area contributed by atoms with Crippen molar-refractivity contribution >= 4 is 5.91 Å². The molecule has 1 saturated heterocycles. The van der Waals surface area contributed by atoms with Crippen LogP contribution in [0.15, 0.2) is 30.3 Å².